The summed E-state index contributed by atoms with van der Waals surface area (Å²) in [6.07, 6.45) is 0.583. The number of nitrogens with one attached hydrogen (secondary N) is 2. The molecule has 0 saturated carbocycles. The Morgan fingerprint density at radius 2 is 1.96 bits per heavy atom. The molecular formula is C18H24N4O3. The van der Waals surface area contributed by atoms with Crippen LogP contribution in [-0.2, 0) is 16.0 Å². The number of ether oxygens (including phenoxy) is 1. The lowest BCUT2D eigenvalue weighted by Crippen LogP contribution is -2.48. The smallest absolute Gasteiger partial charge is 0.272 e. The fraction of sp³-hybridized carbons (Fsp3) is 0.500. The molecule has 0 spiro atoms. The third kappa shape index (κ3) is 4.43. The van der Waals surface area contributed by atoms with Crippen LogP contribution in [0, 0.1) is 0 Å². The molecule has 2 N–H and O–H groups in total. The van der Waals surface area contributed by atoms with E-state index in [0.29, 0.717) is 17.6 Å². The van der Waals surface area contributed by atoms with E-state index in [9.17, 15) is 9.59 Å². The summed E-state index contributed by atoms with van der Waals surface area (Å²) in [6, 6.07) is 7.19. The number of amides is 1. The number of aromatic nitrogens is 2. The summed E-state index contributed by atoms with van der Waals surface area (Å²) in [5.74, 6) is -0.0981. The zero-order chi connectivity index (χ0) is 17.8. The van der Waals surface area contributed by atoms with Crippen LogP contribution in [0.4, 0.5) is 0 Å². The zero-order valence-corrected chi connectivity index (χ0v) is 14.6. The lowest BCUT2D eigenvalue weighted by atomic mass is 10.1. The van der Waals surface area contributed by atoms with Crippen molar-refractivity contribution in [3.63, 3.8) is 0 Å². The minimum Gasteiger partial charge on any atom is -0.373 e. The molecule has 134 valence electrons. The second kappa shape index (κ2) is 7.76. The highest BCUT2D eigenvalue weighted by Gasteiger charge is 2.21. The molecule has 1 amide bonds. The van der Waals surface area contributed by atoms with E-state index in [-0.39, 0.29) is 30.1 Å². The first kappa shape index (κ1) is 17.6. The summed E-state index contributed by atoms with van der Waals surface area (Å²) < 4.78 is 5.71. The molecule has 3 rings (SSSR count). The molecule has 2 heterocycles. The number of hydrogen-bond donors (Lipinski definition) is 2. The van der Waals surface area contributed by atoms with Crippen LogP contribution in [0.15, 0.2) is 29.1 Å². The van der Waals surface area contributed by atoms with Gasteiger partial charge in [0.15, 0.2) is 0 Å². The minimum absolute atomic E-state index is 0.0981. The summed E-state index contributed by atoms with van der Waals surface area (Å²) in [6.45, 7) is 7.27. The molecule has 1 aromatic heterocycles. The lowest BCUT2D eigenvalue weighted by Gasteiger charge is -2.35. The van der Waals surface area contributed by atoms with Gasteiger partial charge in [-0.2, -0.15) is 5.10 Å². The van der Waals surface area contributed by atoms with Crippen molar-refractivity contribution in [1.82, 2.24) is 20.4 Å². The Hall–Kier alpha value is -2.25. The molecule has 2 atom stereocenters. The van der Waals surface area contributed by atoms with Crippen LogP contribution in [-0.4, -0.2) is 59.4 Å². The van der Waals surface area contributed by atoms with Gasteiger partial charge in [-0.25, -0.2) is 5.10 Å². The first-order valence-corrected chi connectivity index (χ1v) is 8.63. The van der Waals surface area contributed by atoms with Crippen molar-refractivity contribution in [3.8, 4) is 0 Å². The molecule has 7 heteroatoms. The minimum atomic E-state index is -0.240. The van der Waals surface area contributed by atoms with Crippen LogP contribution in [0.1, 0.15) is 19.5 Å². The maximum atomic E-state index is 12.2. The van der Waals surface area contributed by atoms with Gasteiger partial charge in [-0.05, 0) is 19.9 Å². The van der Waals surface area contributed by atoms with Crippen molar-refractivity contribution in [2.75, 3.05) is 26.2 Å². The largest absolute Gasteiger partial charge is 0.373 e. The molecule has 1 fully saturated rings. The zero-order valence-electron chi connectivity index (χ0n) is 14.6. The van der Waals surface area contributed by atoms with Gasteiger partial charge in [0, 0.05) is 31.6 Å². The monoisotopic (exact) mass is 344 g/mol. The molecule has 0 radical (unpaired) electrons. The van der Waals surface area contributed by atoms with E-state index < -0.39 is 0 Å². The fourth-order valence-corrected chi connectivity index (χ4v) is 3.34. The van der Waals surface area contributed by atoms with Crippen LogP contribution in [0.2, 0.25) is 0 Å². The van der Waals surface area contributed by atoms with Crippen LogP contribution >= 0.6 is 0 Å². The summed E-state index contributed by atoms with van der Waals surface area (Å²) in [4.78, 5) is 26.3. The molecule has 0 bridgehead atoms. The lowest BCUT2D eigenvalue weighted by molar-refractivity contribution is -0.120. The van der Waals surface area contributed by atoms with E-state index in [1.807, 2.05) is 12.1 Å². The van der Waals surface area contributed by atoms with E-state index in [4.69, 9.17) is 4.74 Å². The highest BCUT2D eigenvalue weighted by atomic mass is 16.5. The topological polar surface area (TPSA) is 87.3 Å². The van der Waals surface area contributed by atoms with Crippen molar-refractivity contribution in [1.29, 1.82) is 0 Å². The molecule has 25 heavy (non-hydrogen) atoms. The normalized spacial score (nSPS) is 21.4. The highest BCUT2D eigenvalue weighted by molar-refractivity contribution is 5.88. The number of morpholine rings is 1. The quantitative estimate of drug-likeness (QED) is 0.833. The maximum absolute atomic E-state index is 12.2. The number of rotatable bonds is 5. The number of fused-ring (bicyclic) bond motifs is 1. The summed E-state index contributed by atoms with van der Waals surface area (Å²) in [5, 5.41) is 10.7. The van der Waals surface area contributed by atoms with Gasteiger partial charge in [-0.3, -0.25) is 14.5 Å². The third-order valence-corrected chi connectivity index (χ3v) is 4.35. The Bertz CT molecular complexity index is 794. The third-order valence-electron chi connectivity index (χ3n) is 4.35. The number of aromatic amines is 1. The van der Waals surface area contributed by atoms with Crippen LogP contribution in [0.3, 0.4) is 0 Å². The summed E-state index contributed by atoms with van der Waals surface area (Å²) in [5.41, 5.74) is 0.344. The Labute approximate surface area is 146 Å². The highest BCUT2D eigenvalue weighted by Crippen LogP contribution is 2.13. The van der Waals surface area contributed by atoms with Crippen molar-refractivity contribution >= 4 is 16.7 Å². The van der Waals surface area contributed by atoms with Gasteiger partial charge in [0.05, 0.1) is 29.7 Å². The van der Waals surface area contributed by atoms with Gasteiger partial charge in [-0.15, -0.1) is 0 Å². The van der Waals surface area contributed by atoms with Gasteiger partial charge in [0.25, 0.3) is 5.56 Å². The summed E-state index contributed by atoms with van der Waals surface area (Å²) in [7, 11) is 0. The van der Waals surface area contributed by atoms with E-state index >= 15 is 0 Å². The number of carbonyl (C=O) groups is 1. The van der Waals surface area contributed by atoms with Gasteiger partial charge >= 0.3 is 0 Å². The molecule has 7 nitrogen and oxygen atoms in total. The molecule has 2 aromatic rings. The Morgan fingerprint density at radius 3 is 2.68 bits per heavy atom. The Morgan fingerprint density at radius 1 is 1.28 bits per heavy atom. The number of benzene rings is 1. The van der Waals surface area contributed by atoms with E-state index in [0.717, 1.165) is 25.0 Å². The van der Waals surface area contributed by atoms with Gasteiger partial charge in [0.1, 0.15) is 0 Å². The summed E-state index contributed by atoms with van der Waals surface area (Å²) >= 11 is 0. The molecule has 1 aromatic carbocycles. The van der Waals surface area contributed by atoms with E-state index in [2.05, 4.69) is 34.3 Å². The molecule has 0 aliphatic carbocycles. The van der Waals surface area contributed by atoms with Crippen molar-refractivity contribution in [2.24, 2.45) is 0 Å². The second-order valence-corrected chi connectivity index (χ2v) is 6.59. The average molecular weight is 344 g/mol. The number of hydrogen-bond acceptors (Lipinski definition) is 5. The SMILES string of the molecule is CC1CN(CCNC(=O)Cc2n[nH]c(=O)c3ccccc23)CC(C)O1. The first-order valence-electron chi connectivity index (χ1n) is 8.63. The fourth-order valence-electron chi connectivity index (χ4n) is 3.34. The molecule has 1 aliphatic rings. The molecule has 2 unspecified atom stereocenters. The molecular weight excluding hydrogens is 320 g/mol. The number of H-pyrrole nitrogens is 1. The van der Waals surface area contributed by atoms with E-state index in [1.165, 1.54) is 0 Å². The standard InChI is InChI=1S/C18H24N4O3/c1-12-10-22(11-13(2)25-12)8-7-19-17(23)9-16-14-5-3-4-6-15(14)18(24)21-20-16/h3-6,12-13H,7-11H2,1-2H3,(H,19,23)(H,21,24). The Kier molecular flexibility index (Phi) is 5.45. The predicted octanol–water partition coefficient (Wildman–Crippen LogP) is 0.691. The predicted molar refractivity (Wildman–Crippen MR) is 95.5 cm³/mol. The number of carbonyl (C=O) groups excluding carboxylic acids is 1. The van der Waals surface area contributed by atoms with Crippen LogP contribution in [0.5, 0.6) is 0 Å². The van der Waals surface area contributed by atoms with Crippen molar-refractivity contribution in [2.45, 2.75) is 32.5 Å². The van der Waals surface area contributed by atoms with Crippen molar-refractivity contribution in [3.05, 3.63) is 40.3 Å². The molecule has 1 aliphatic heterocycles. The average Bonchev–Trinajstić information content (AvgIpc) is 2.57. The van der Waals surface area contributed by atoms with Gasteiger partial charge in [-0.1, -0.05) is 18.2 Å². The van der Waals surface area contributed by atoms with E-state index in [1.54, 1.807) is 12.1 Å². The maximum Gasteiger partial charge on any atom is 0.272 e. The number of nitrogens with zero attached hydrogens (tertiary/aromatic N) is 2. The van der Waals surface area contributed by atoms with Crippen LogP contribution in [0.25, 0.3) is 10.8 Å². The molecule has 1 saturated heterocycles. The Balaban J connectivity index is 1.55. The first-order chi connectivity index (χ1) is 12.0. The van der Waals surface area contributed by atoms with Crippen LogP contribution < -0.4 is 10.9 Å². The van der Waals surface area contributed by atoms with Gasteiger partial charge < -0.3 is 10.1 Å². The van der Waals surface area contributed by atoms with Crippen molar-refractivity contribution < 1.29 is 9.53 Å². The second-order valence-electron chi connectivity index (χ2n) is 6.59. The van der Waals surface area contributed by atoms with Gasteiger partial charge in [0.2, 0.25) is 5.91 Å².